The quantitative estimate of drug-likeness (QED) is 0.660. The number of rotatable bonds is 6. The van der Waals surface area contributed by atoms with Gasteiger partial charge in [-0.3, -0.25) is 0 Å². The Kier molecular flexibility index (Phi) is 6.45. The average Bonchev–Trinajstić information content (AvgIpc) is 3.26. The predicted molar refractivity (Wildman–Crippen MR) is 123 cm³/mol. The van der Waals surface area contributed by atoms with Crippen LogP contribution in [-0.2, 0) is 9.53 Å². The first-order chi connectivity index (χ1) is 15.4. The summed E-state index contributed by atoms with van der Waals surface area (Å²) in [4.78, 5) is 25.5. The average molecular weight is 443 g/mol. The lowest BCUT2D eigenvalue weighted by atomic mass is 9.98. The van der Waals surface area contributed by atoms with Gasteiger partial charge in [-0.1, -0.05) is 12.8 Å². The van der Waals surface area contributed by atoms with Gasteiger partial charge in [-0.25, -0.2) is 14.2 Å². The molecule has 0 atom stereocenters. The second-order valence-corrected chi connectivity index (χ2v) is 8.71. The molecule has 0 radical (unpaired) electrons. The zero-order chi connectivity index (χ0) is 22.7. The molecule has 2 heterocycles. The minimum absolute atomic E-state index is 0.000536. The van der Waals surface area contributed by atoms with E-state index in [9.17, 15) is 9.18 Å². The number of ether oxygens (including phenoxy) is 1. The van der Waals surface area contributed by atoms with E-state index in [-0.39, 0.29) is 11.8 Å². The maximum atomic E-state index is 14.5. The summed E-state index contributed by atoms with van der Waals surface area (Å²) < 4.78 is 19.4. The number of halogens is 1. The fourth-order valence-electron chi connectivity index (χ4n) is 4.56. The van der Waals surface area contributed by atoms with E-state index in [0.717, 1.165) is 56.5 Å². The molecule has 9 heteroatoms. The second-order valence-electron chi connectivity index (χ2n) is 8.71. The van der Waals surface area contributed by atoms with Gasteiger partial charge in [0.1, 0.15) is 5.54 Å². The normalized spacial score (nSPS) is 18.4. The first kappa shape index (κ1) is 22.3. The van der Waals surface area contributed by atoms with E-state index in [4.69, 9.17) is 4.74 Å². The Bertz CT molecular complexity index is 971. The first-order valence-electron chi connectivity index (χ1n) is 11.1. The fourth-order valence-corrected chi connectivity index (χ4v) is 4.56. The number of hydrogen-bond donors (Lipinski definition) is 2. The van der Waals surface area contributed by atoms with Gasteiger partial charge in [-0.2, -0.15) is 4.98 Å². The van der Waals surface area contributed by atoms with Gasteiger partial charge in [0.15, 0.2) is 11.6 Å². The van der Waals surface area contributed by atoms with E-state index in [2.05, 4.69) is 50.4 Å². The summed E-state index contributed by atoms with van der Waals surface area (Å²) in [5.74, 6) is -0.732. The Hall–Kier alpha value is -2.94. The molecular formula is C23H31FN6O2. The van der Waals surface area contributed by atoms with Crippen molar-refractivity contribution in [3.63, 3.8) is 0 Å². The van der Waals surface area contributed by atoms with Gasteiger partial charge in [-0.05, 0) is 50.6 Å². The number of anilines is 4. The van der Waals surface area contributed by atoms with Crippen molar-refractivity contribution < 1.29 is 13.9 Å². The van der Waals surface area contributed by atoms with Gasteiger partial charge < -0.3 is 25.2 Å². The number of aryl methyl sites for hydroxylation is 1. The minimum Gasteiger partial charge on any atom is -0.467 e. The molecule has 8 nitrogen and oxygen atoms in total. The summed E-state index contributed by atoms with van der Waals surface area (Å²) in [6.07, 6.45) is 4.03. The minimum atomic E-state index is -0.942. The summed E-state index contributed by atoms with van der Waals surface area (Å²) in [5, 5.41) is 6.17. The summed E-state index contributed by atoms with van der Waals surface area (Å²) in [6.45, 7) is 6.18. The van der Waals surface area contributed by atoms with E-state index in [0.29, 0.717) is 12.8 Å². The maximum Gasteiger partial charge on any atom is 0.331 e. The standard InChI is InChI=1S/C23H31FN6O2/c1-16-14-17(6-7-19(16)30-12-10-29(2)11-13-30)26-22-25-15-18(24)20(27-22)28-23(21(31)32-3)8-4-5-9-23/h6-7,14-15H,4-5,8-13H2,1-3H3,(H2,25,26,27,28). The van der Waals surface area contributed by atoms with Crippen LogP contribution in [0.15, 0.2) is 24.4 Å². The maximum absolute atomic E-state index is 14.5. The molecule has 2 fully saturated rings. The van der Waals surface area contributed by atoms with E-state index >= 15 is 0 Å². The van der Waals surface area contributed by atoms with Gasteiger partial charge >= 0.3 is 5.97 Å². The topological polar surface area (TPSA) is 82.6 Å². The number of hydrogen-bond acceptors (Lipinski definition) is 8. The largest absolute Gasteiger partial charge is 0.467 e. The molecule has 4 rings (SSSR count). The van der Waals surface area contributed by atoms with E-state index < -0.39 is 17.3 Å². The van der Waals surface area contributed by atoms with Crippen LogP contribution in [0.4, 0.5) is 27.5 Å². The van der Waals surface area contributed by atoms with Crippen molar-refractivity contribution >= 4 is 29.1 Å². The van der Waals surface area contributed by atoms with Gasteiger partial charge in [0.05, 0.1) is 13.3 Å². The third-order valence-corrected chi connectivity index (χ3v) is 6.43. The Morgan fingerprint density at radius 3 is 2.56 bits per heavy atom. The van der Waals surface area contributed by atoms with Crippen LogP contribution >= 0.6 is 0 Å². The van der Waals surface area contributed by atoms with Crippen LogP contribution in [0.3, 0.4) is 0 Å². The highest BCUT2D eigenvalue weighted by molar-refractivity contribution is 5.84. The molecule has 0 bridgehead atoms. The molecule has 1 aliphatic carbocycles. The number of esters is 1. The van der Waals surface area contributed by atoms with Crippen molar-refractivity contribution in [2.24, 2.45) is 0 Å². The molecule has 1 aliphatic heterocycles. The van der Waals surface area contributed by atoms with Crippen LogP contribution in [0.1, 0.15) is 31.2 Å². The van der Waals surface area contributed by atoms with E-state index in [1.807, 2.05) is 12.1 Å². The summed E-state index contributed by atoms with van der Waals surface area (Å²) in [7, 11) is 3.49. The molecule has 1 saturated heterocycles. The van der Waals surface area contributed by atoms with Crippen molar-refractivity contribution in [1.29, 1.82) is 0 Å². The number of aromatic nitrogens is 2. The molecule has 0 unspecified atom stereocenters. The van der Waals surface area contributed by atoms with E-state index in [1.165, 1.54) is 12.8 Å². The molecule has 1 aromatic heterocycles. The molecule has 2 aromatic rings. The van der Waals surface area contributed by atoms with Crippen LogP contribution in [0.5, 0.6) is 0 Å². The number of likely N-dealkylation sites (N-methyl/N-ethyl adjacent to an activating group) is 1. The molecule has 0 spiro atoms. The van der Waals surface area contributed by atoms with E-state index in [1.54, 1.807) is 0 Å². The molecular weight excluding hydrogens is 411 g/mol. The number of nitrogens with one attached hydrogen (secondary N) is 2. The lowest BCUT2D eigenvalue weighted by molar-refractivity contribution is -0.145. The van der Waals surface area contributed by atoms with Crippen LogP contribution in [0.25, 0.3) is 0 Å². The summed E-state index contributed by atoms with van der Waals surface area (Å²) >= 11 is 0. The van der Waals surface area contributed by atoms with Crippen molar-refractivity contribution in [2.45, 2.75) is 38.1 Å². The molecule has 2 N–H and O–H groups in total. The van der Waals surface area contributed by atoms with Crippen LogP contribution in [0, 0.1) is 12.7 Å². The lowest BCUT2D eigenvalue weighted by Crippen LogP contribution is -2.45. The first-order valence-corrected chi connectivity index (χ1v) is 11.1. The smallest absolute Gasteiger partial charge is 0.331 e. The van der Waals surface area contributed by atoms with Gasteiger partial charge in [0.2, 0.25) is 5.95 Å². The number of piperazine rings is 1. The van der Waals surface area contributed by atoms with Gasteiger partial charge in [0.25, 0.3) is 0 Å². The predicted octanol–water partition coefficient (Wildman–Crippen LogP) is 3.32. The molecule has 32 heavy (non-hydrogen) atoms. The van der Waals surface area contributed by atoms with Crippen molar-refractivity contribution in [2.75, 3.05) is 55.9 Å². The molecule has 1 saturated carbocycles. The zero-order valence-electron chi connectivity index (χ0n) is 18.9. The molecule has 0 amide bonds. The number of methoxy groups -OCH3 is 1. The van der Waals surface area contributed by atoms with Crippen LogP contribution in [0.2, 0.25) is 0 Å². The van der Waals surface area contributed by atoms with Crippen molar-refractivity contribution in [1.82, 2.24) is 14.9 Å². The monoisotopic (exact) mass is 442 g/mol. The third-order valence-electron chi connectivity index (χ3n) is 6.43. The Balaban J connectivity index is 1.50. The molecule has 2 aliphatic rings. The van der Waals surface area contributed by atoms with Gasteiger partial charge in [-0.15, -0.1) is 0 Å². The molecule has 1 aromatic carbocycles. The number of carbonyl (C=O) groups is 1. The second kappa shape index (κ2) is 9.28. The number of carbonyl (C=O) groups excluding carboxylic acids is 1. The lowest BCUT2D eigenvalue weighted by Gasteiger charge is -2.35. The number of benzene rings is 1. The number of nitrogens with zero attached hydrogens (tertiary/aromatic N) is 4. The highest BCUT2D eigenvalue weighted by Crippen LogP contribution is 2.35. The molecule has 172 valence electrons. The highest BCUT2D eigenvalue weighted by atomic mass is 19.1. The van der Waals surface area contributed by atoms with Crippen molar-refractivity contribution in [3.8, 4) is 0 Å². The van der Waals surface area contributed by atoms with Gasteiger partial charge in [0, 0.05) is 37.6 Å². The SMILES string of the molecule is COC(=O)C1(Nc2nc(Nc3ccc(N4CCN(C)CC4)c(C)c3)ncc2F)CCCC1. The third kappa shape index (κ3) is 4.62. The summed E-state index contributed by atoms with van der Waals surface area (Å²) in [6, 6.07) is 6.12. The highest BCUT2D eigenvalue weighted by Gasteiger charge is 2.43. The Labute approximate surface area is 188 Å². The Morgan fingerprint density at radius 2 is 1.91 bits per heavy atom. The fraction of sp³-hybridized carbons (Fsp3) is 0.522. The Morgan fingerprint density at radius 1 is 1.19 bits per heavy atom. The zero-order valence-corrected chi connectivity index (χ0v) is 18.9. The van der Waals surface area contributed by atoms with Crippen LogP contribution in [-0.4, -0.2) is 66.7 Å². The van der Waals surface area contributed by atoms with Crippen molar-refractivity contribution in [3.05, 3.63) is 35.8 Å². The summed E-state index contributed by atoms with van der Waals surface area (Å²) in [5.41, 5.74) is 2.24. The van der Waals surface area contributed by atoms with Crippen LogP contribution < -0.4 is 15.5 Å².